The minimum absolute atomic E-state index is 0.0857. The fourth-order valence-corrected chi connectivity index (χ4v) is 4.12. The van der Waals surface area contributed by atoms with Gasteiger partial charge in [-0.1, -0.05) is 12.1 Å². The Balaban J connectivity index is 1.78. The van der Waals surface area contributed by atoms with E-state index in [1.54, 1.807) is 18.4 Å². The highest BCUT2D eigenvalue weighted by molar-refractivity contribution is 7.11. The molecule has 1 unspecified atom stereocenters. The van der Waals surface area contributed by atoms with Gasteiger partial charge < -0.3 is 9.64 Å². The molecule has 0 bridgehead atoms. The second-order valence-electron chi connectivity index (χ2n) is 6.93. The van der Waals surface area contributed by atoms with Crippen LogP contribution in [-0.2, 0) is 10.3 Å². The van der Waals surface area contributed by atoms with Crippen molar-refractivity contribution in [3.63, 3.8) is 0 Å². The summed E-state index contributed by atoms with van der Waals surface area (Å²) in [6.45, 7) is 8.96. The second-order valence-corrected chi connectivity index (χ2v) is 8.14. The van der Waals surface area contributed by atoms with Crippen molar-refractivity contribution in [2.75, 3.05) is 18.6 Å². The van der Waals surface area contributed by atoms with Crippen LogP contribution < -0.4 is 15.0 Å². The van der Waals surface area contributed by atoms with Crippen LogP contribution in [0.3, 0.4) is 0 Å². The van der Waals surface area contributed by atoms with E-state index in [2.05, 4.69) is 31.1 Å². The number of aryl methyl sites for hydroxylation is 2. The zero-order chi connectivity index (χ0) is 18.2. The molecule has 0 aliphatic carbocycles. The van der Waals surface area contributed by atoms with Crippen molar-refractivity contribution in [2.45, 2.75) is 45.7 Å². The van der Waals surface area contributed by atoms with Crippen LogP contribution in [0.4, 0.5) is 5.69 Å². The molecule has 0 spiro atoms. The number of nitrogens with one attached hydrogen (secondary N) is 1. The zero-order valence-electron chi connectivity index (χ0n) is 15.4. The number of ether oxygens (including phenoxy) is 1. The predicted molar refractivity (Wildman–Crippen MR) is 102 cm³/mol. The molecule has 0 radical (unpaired) electrons. The molecule has 0 saturated carbocycles. The Kier molecular flexibility index (Phi) is 4.84. The molecule has 5 nitrogen and oxygen atoms in total. The van der Waals surface area contributed by atoms with Crippen LogP contribution in [0.2, 0.25) is 0 Å². The van der Waals surface area contributed by atoms with Crippen molar-refractivity contribution in [3.05, 3.63) is 39.8 Å². The second kappa shape index (κ2) is 6.77. The summed E-state index contributed by atoms with van der Waals surface area (Å²) in [7, 11) is 1.63. The van der Waals surface area contributed by atoms with E-state index in [1.165, 1.54) is 4.88 Å². The van der Waals surface area contributed by atoms with Crippen LogP contribution in [0.1, 0.15) is 35.8 Å². The van der Waals surface area contributed by atoms with Gasteiger partial charge in [0.2, 0.25) is 5.91 Å². The van der Waals surface area contributed by atoms with E-state index < -0.39 is 0 Å². The molecule has 1 aromatic heterocycles. The highest BCUT2D eigenvalue weighted by Crippen LogP contribution is 2.33. The van der Waals surface area contributed by atoms with Crippen LogP contribution in [0.5, 0.6) is 5.75 Å². The Labute approximate surface area is 153 Å². The van der Waals surface area contributed by atoms with Crippen molar-refractivity contribution in [1.82, 2.24) is 10.3 Å². The first-order valence-electron chi connectivity index (χ1n) is 8.50. The first kappa shape index (κ1) is 17.9. The van der Waals surface area contributed by atoms with Gasteiger partial charge >= 0.3 is 0 Å². The van der Waals surface area contributed by atoms with Gasteiger partial charge in [-0.3, -0.25) is 10.1 Å². The molecule has 1 fully saturated rings. The predicted octanol–water partition coefficient (Wildman–Crippen LogP) is 3.40. The number of anilines is 1. The summed E-state index contributed by atoms with van der Waals surface area (Å²) in [6.07, 6.45) is 0.768. The van der Waals surface area contributed by atoms with Gasteiger partial charge in [0.15, 0.2) is 0 Å². The third kappa shape index (κ3) is 3.41. The number of nitrogens with zero attached hydrogens (tertiary/aromatic N) is 2. The van der Waals surface area contributed by atoms with Gasteiger partial charge in [-0.25, -0.2) is 4.98 Å². The third-order valence-electron chi connectivity index (χ3n) is 4.68. The fraction of sp³-hybridized carbons (Fsp3) is 0.474. The maximum absolute atomic E-state index is 12.9. The van der Waals surface area contributed by atoms with Crippen molar-refractivity contribution >= 4 is 22.9 Å². The Morgan fingerprint density at radius 3 is 2.68 bits per heavy atom. The summed E-state index contributed by atoms with van der Waals surface area (Å²) >= 11 is 1.69. The Hall–Kier alpha value is -1.92. The van der Waals surface area contributed by atoms with Gasteiger partial charge in [-0.2, -0.15) is 0 Å². The average Bonchev–Trinajstić information content (AvgIpc) is 3.11. The van der Waals surface area contributed by atoms with E-state index in [9.17, 15) is 4.79 Å². The largest absolute Gasteiger partial charge is 0.495 e. The molecule has 1 aliphatic heterocycles. The molecule has 3 rings (SSSR count). The molecular weight excluding hydrogens is 334 g/mol. The van der Waals surface area contributed by atoms with Crippen LogP contribution >= 0.6 is 11.3 Å². The number of hydrogen-bond acceptors (Lipinski definition) is 5. The molecule has 1 aliphatic rings. The summed E-state index contributed by atoms with van der Waals surface area (Å²) < 4.78 is 5.40. The Morgan fingerprint density at radius 1 is 1.32 bits per heavy atom. The molecule has 2 heterocycles. The molecule has 1 N–H and O–H groups in total. The van der Waals surface area contributed by atoms with E-state index in [0.717, 1.165) is 28.6 Å². The van der Waals surface area contributed by atoms with Gasteiger partial charge in [0, 0.05) is 11.4 Å². The summed E-state index contributed by atoms with van der Waals surface area (Å²) in [5.74, 6) is 0.810. The average molecular weight is 359 g/mol. The summed E-state index contributed by atoms with van der Waals surface area (Å²) in [5.41, 5.74) is 1.54. The van der Waals surface area contributed by atoms with Gasteiger partial charge in [-0.05, 0) is 46.2 Å². The number of amides is 1. The van der Waals surface area contributed by atoms with E-state index in [1.807, 2.05) is 36.1 Å². The van der Waals surface area contributed by atoms with Crippen molar-refractivity contribution in [1.29, 1.82) is 0 Å². The van der Waals surface area contributed by atoms with Crippen molar-refractivity contribution < 1.29 is 9.53 Å². The summed E-state index contributed by atoms with van der Waals surface area (Å²) in [4.78, 5) is 20.6. The quantitative estimate of drug-likeness (QED) is 0.889. The molecule has 1 atom stereocenters. The fourth-order valence-electron chi connectivity index (χ4n) is 3.14. The minimum Gasteiger partial charge on any atom is -0.495 e. The number of hydrogen-bond donors (Lipinski definition) is 1. The molecule has 1 saturated heterocycles. The smallest absolute Gasteiger partial charge is 0.244 e. The number of rotatable bonds is 5. The molecule has 6 heteroatoms. The number of para-hydroxylation sites is 2. The lowest BCUT2D eigenvalue weighted by molar-refractivity contribution is -0.119. The molecule has 1 aromatic carbocycles. The van der Waals surface area contributed by atoms with E-state index in [-0.39, 0.29) is 17.5 Å². The van der Waals surface area contributed by atoms with Crippen LogP contribution in [0.15, 0.2) is 24.3 Å². The van der Waals surface area contributed by atoms with Gasteiger partial charge in [0.05, 0.1) is 30.1 Å². The summed E-state index contributed by atoms with van der Waals surface area (Å²) in [5, 5.41) is 4.53. The minimum atomic E-state index is -0.346. The van der Waals surface area contributed by atoms with E-state index >= 15 is 0 Å². The molecule has 1 amide bonds. The van der Waals surface area contributed by atoms with Crippen molar-refractivity contribution in [2.24, 2.45) is 0 Å². The van der Waals surface area contributed by atoms with Crippen molar-refractivity contribution in [3.8, 4) is 5.75 Å². The van der Waals surface area contributed by atoms with Gasteiger partial charge in [0.25, 0.3) is 0 Å². The topological polar surface area (TPSA) is 54.5 Å². The Bertz CT molecular complexity index is 765. The SMILES string of the molecule is COc1ccccc1N1CCC(NC(C)(C)c2nc(C)c(C)s2)C1=O. The van der Waals surface area contributed by atoms with Crippen LogP contribution in [-0.4, -0.2) is 30.6 Å². The molecule has 2 aromatic rings. The molecular formula is C19H25N3O2S. The zero-order valence-corrected chi connectivity index (χ0v) is 16.2. The monoisotopic (exact) mass is 359 g/mol. The van der Waals surface area contributed by atoms with Gasteiger partial charge in [0.1, 0.15) is 10.8 Å². The Morgan fingerprint density at radius 2 is 2.04 bits per heavy atom. The van der Waals surface area contributed by atoms with Gasteiger partial charge in [-0.15, -0.1) is 11.3 Å². The highest BCUT2D eigenvalue weighted by atomic mass is 32.1. The number of carbonyl (C=O) groups is 1. The summed E-state index contributed by atoms with van der Waals surface area (Å²) in [6, 6.07) is 7.43. The maximum atomic E-state index is 12.9. The highest BCUT2D eigenvalue weighted by Gasteiger charge is 2.38. The lowest BCUT2D eigenvalue weighted by Gasteiger charge is -2.27. The number of methoxy groups -OCH3 is 1. The van der Waals surface area contributed by atoms with Crippen LogP contribution in [0.25, 0.3) is 0 Å². The number of aromatic nitrogens is 1. The maximum Gasteiger partial charge on any atom is 0.244 e. The lowest BCUT2D eigenvalue weighted by Crippen LogP contribution is -2.47. The third-order valence-corrected chi connectivity index (χ3v) is 6.08. The first-order chi connectivity index (χ1) is 11.8. The first-order valence-corrected chi connectivity index (χ1v) is 9.31. The molecule has 25 heavy (non-hydrogen) atoms. The lowest BCUT2D eigenvalue weighted by atomic mass is 10.0. The molecule has 134 valence electrons. The standard InChI is InChI=1S/C19H25N3O2S/c1-12-13(2)25-18(20-12)19(3,4)21-14-10-11-22(17(14)23)15-8-6-7-9-16(15)24-5/h6-9,14,21H,10-11H2,1-5H3. The number of carbonyl (C=O) groups excluding carboxylic acids is 1. The number of thiazole rings is 1. The number of benzene rings is 1. The van der Waals surface area contributed by atoms with E-state index in [0.29, 0.717) is 6.54 Å². The normalized spacial score (nSPS) is 18.0. The van der Waals surface area contributed by atoms with Crippen LogP contribution in [0, 0.1) is 13.8 Å². The van der Waals surface area contributed by atoms with E-state index in [4.69, 9.17) is 4.74 Å².